The lowest BCUT2D eigenvalue weighted by Crippen LogP contribution is -2.37. The molecule has 0 bridgehead atoms. The summed E-state index contributed by atoms with van der Waals surface area (Å²) in [5.74, 6) is -0.564. The summed E-state index contributed by atoms with van der Waals surface area (Å²) >= 11 is 0. The molecular formula is C10H16N4O4. The highest BCUT2D eigenvalue weighted by molar-refractivity contribution is 5.93. The van der Waals surface area contributed by atoms with Crippen molar-refractivity contribution in [1.82, 2.24) is 20.6 Å². The van der Waals surface area contributed by atoms with Crippen LogP contribution >= 0.6 is 0 Å². The normalized spacial score (nSPS) is 12.1. The fourth-order valence-electron chi connectivity index (χ4n) is 1.25. The summed E-state index contributed by atoms with van der Waals surface area (Å²) in [6.07, 6.45) is 0.613. The number of carbonyl (C=O) groups excluding carboxylic acids is 1. The van der Waals surface area contributed by atoms with E-state index in [1.165, 1.54) is 0 Å². The fraction of sp³-hybridized carbons (Fsp3) is 0.500. The highest BCUT2D eigenvalue weighted by atomic mass is 16.3. The number of aromatic amines is 2. The maximum Gasteiger partial charge on any atom is 0.325 e. The smallest absolute Gasteiger partial charge is 0.325 e. The van der Waals surface area contributed by atoms with Crippen molar-refractivity contribution in [2.75, 3.05) is 19.6 Å². The number of carbonyl (C=O) groups is 1. The van der Waals surface area contributed by atoms with Gasteiger partial charge in [0.1, 0.15) is 5.56 Å². The van der Waals surface area contributed by atoms with Gasteiger partial charge >= 0.3 is 5.69 Å². The third-order valence-electron chi connectivity index (χ3n) is 2.09. The van der Waals surface area contributed by atoms with Crippen LogP contribution in [-0.4, -0.2) is 46.7 Å². The van der Waals surface area contributed by atoms with Crippen LogP contribution in [0.5, 0.6) is 0 Å². The van der Waals surface area contributed by atoms with Gasteiger partial charge < -0.3 is 20.7 Å². The second-order valence-electron chi connectivity index (χ2n) is 3.79. The third-order valence-corrected chi connectivity index (χ3v) is 2.09. The summed E-state index contributed by atoms with van der Waals surface area (Å²) in [5, 5.41) is 14.4. The first-order valence-electron chi connectivity index (χ1n) is 5.49. The molecule has 0 aliphatic carbocycles. The molecule has 100 valence electrons. The second kappa shape index (κ2) is 6.72. The molecule has 1 amide bonds. The second-order valence-corrected chi connectivity index (χ2v) is 3.79. The molecule has 0 radical (unpaired) electrons. The first kappa shape index (κ1) is 14.1. The van der Waals surface area contributed by atoms with Gasteiger partial charge in [0.2, 0.25) is 0 Å². The van der Waals surface area contributed by atoms with Crippen LogP contribution in [0.2, 0.25) is 0 Å². The molecule has 0 aliphatic rings. The summed E-state index contributed by atoms with van der Waals surface area (Å²) in [4.78, 5) is 37.7. The molecule has 1 rings (SSSR count). The van der Waals surface area contributed by atoms with Crippen molar-refractivity contribution in [1.29, 1.82) is 0 Å². The Morgan fingerprint density at radius 3 is 2.78 bits per heavy atom. The minimum Gasteiger partial charge on any atom is -0.392 e. The minimum absolute atomic E-state index is 0.148. The van der Waals surface area contributed by atoms with Gasteiger partial charge in [-0.1, -0.05) is 0 Å². The van der Waals surface area contributed by atoms with Gasteiger partial charge in [-0.2, -0.15) is 0 Å². The predicted octanol–water partition coefficient (Wildman–Crippen LogP) is -2.24. The van der Waals surface area contributed by atoms with Crippen molar-refractivity contribution in [2.45, 2.75) is 13.0 Å². The molecule has 1 aromatic heterocycles. The average Bonchev–Trinajstić information content (AvgIpc) is 2.27. The largest absolute Gasteiger partial charge is 0.392 e. The van der Waals surface area contributed by atoms with E-state index in [1.807, 2.05) is 4.98 Å². The number of H-pyrrole nitrogens is 2. The summed E-state index contributed by atoms with van der Waals surface area (Å²) in [6.45, 7) is 2.85. The number of aliphatic hydroxyl groups excluding tert-OH is 1. The van der Waals surface area contributed by atoms with E-state index >= 15 is 0 Å². The van der Waals surface area contributed by atoms with E-state index in [0.29, 0.717) is 19.6 Å². The van der Waals surface area contributed by atoms with Gasteiger partial charge in [-0.25, -0.2) is 4.79 Å². The molecule has 0 aliphatic heterocycles. The van der Waals surface area contributed by atoms with Crippen LogP contribution in [0, 0.1) is 0 Å². The van der Waals surface area contributed by atoms with Gasteiger partial charge in [-0.3, -0.25) is 14.6 Å². The molecule has 1 aromatic rings. The number of nitrogens with one attached hydrogen (secondary N) is 4. The Hall–Kier alpha value is -1.93. The monoisotopic (exact) mass is 256 g/mol. The van der Waals surface area contributed by atoms with Gasteiger partial charge in [-0.15, -0.1) is 0 Å². The van der Waals surface area contributed by atoms with E-state index in [-0.39, 0.29) is 5.56 Å². The number of hydrogen-bond donors (Lipinski definition) is 5. The Bertz CT molecular complexity index is 505. The van der Waals surface area contributed by atoms with Crippen LogP contribution in [0.1, 0.15) is 17.3 Å². The molecule has 1 heterocycles. The predicted molar refractivity (Wildman–Crippen MR) is 64.6 cm³/mol. The van der Waals surface area contributed by atoms with Gasteiger partial charge in [0.25, 0.3) is 11.5 Å². The number of aromatic nitrogens is 2. The minimum atomic E-state index is -0.729. The van der Waals surface area contributed by atoms with Crippen LogP contribution in [0.4, 0.5) is 0 Å². The first-order chi connectivity index (χ1) is 8.50. The summed E-state index contributed by atoms with van der Waals surface area (Å²) < 4.78 is 0. The molecule has 0 fully saturated rings. The SMILES string of the molecule is CC(O)CNCCNC(=O)c1c[nH]c(=O)[nH]c1=O. The third kappa shape index (κ3) is 4.52. The number of aliphatic hydroxyl groups is 1. The molecule has 0 saturated carbocycles. The van der Waals surface area contributed by atoms with Crippen molar-refractivity contribution in [3.05, 3.63) is 32.6 Å². The Morgan fingerprint density at radius 2 is 2.17 bits per heavy atom. The van der Waals surface area contributed by atoms with Crippen molar-refractivity contribution in [3.63, 3.8) is 0 Å². The van der Waals surface area contributed by atoms with E-state index in [4.69, 9.17) is 5.11 Å². The van der Waals surface area contributed by atoms with Crippen LogP contribution in [0.3, 0.4) is 0 Å². The zero-order valence-electron chi connectivity index (χ0n) is 9.95. The standard InChI is InChI=1S/C10H16N4O4/c1-6(15)4-11-2-3-12-8(16)7-5-13-10(18)14-9(7)17/h5-6,11,15H,2-4H2,1H3,(H,12,16)(H2,13,14,17,18). The Kier molecular flexibility index (Phi) is 5.28. The van der Waals surface area contributed by atoms with Crippen molar-refractivity contribution >= 4 is 5.91 Å². The Morgan fingerprint density at radius 1 is 1.44 bits per heavy atom. The van der Waals surface area contributed by atoms with Crippen LogP contribution in [0.15, 0.2) is 15.8 Å². The van der Waals surface area contributed by atoms with Gasteiger partial charge in [0, 0.05) is 25.8 Å². The highest BCUT2D eigenvalue weighted by Crippen LogP contribution is 1.83. The molecule has 0 aromatic carbocycles. The quantitative estimate of drug-likeness (QED) is 0.368. The summed E-state index contributed by atoms with van der Waals surface area (Å²) in [6, 6.07) is 0. The number of rotatable bonds is 6. The van der Waals surface area contributed by atoms with E-state index in [2.05, 4.69) is 15.6 Å². The zero-order chi connectivity index (χ0) is 13.5. The van der Waals surface area contributed by atoms with Crippen LogP contribution in [0.25, 0.3) is 0 Å². The lowest BCUT2D eigenvalue weighted by Gasteiger charge is -2.07. The van der Waals surface area contributed by atoms with E-state index in [1.54, 1.807) is 6.92 Å². The molecule has 18 heavy (non-hydrogen) atoms. The van der Waals surface area contributed by atoms with Crippen molar-refractivity contribution < 1.29 is 9.90 Å². The van der Waals surface area contributed by atoms with Crippen LogP contribution < -0.4 is 21.9 Å². The van der Waals surface area contributed by atoms with E-state index in [0.717, 1.165) is 6.20 Å². The van der Waals surface area contributed by atoms with Gasteiger partial charge in [0.05, 0.1) is 6.10 Å². The number of amides is 1. The zero-order valence-corrected chi connectivity index (χ0v) is 9.95. The molecule has 0 saturated heterocycles. The van der Waals surface area contributed by atoms with Crippen molar-refractivity contribution in [2.24, 2.45) is 0 Å². The lowest BCUT2D eigenvalue weighted by molar-refractivity contribution is 0.0951. The van der Waals surface area contributed by atoms with Crippen LogP contribution in [-0.2, 0) is 0 Å². The van der Waals surface area contributed by atoms with E-state index < -0.39 is 23.3 Å². The molecule has 5 N–H and O–H groups in total. The molecule has 8 nitrogen and oxygen atoms in total. The molecule has 0 spiro atoms. The summed E-state index contributed by atoms with van der Waals surface area (Å²) in [7, 11) is 0. The van der Waals surface area contributed by atoms with Crippen molar-refractivity contribution in [3.8, 4) is 0 Å². The first-order valence-corrected chi connectivity index (χ1v) is 5.49. The molecule has 8 heteroatoms. The molecular weight excluding hydrogens is 240 g/mol. The van der Waals surface area contributed by atoms with Gasteiger partial charge in [-0.05, 0) is 6.92 Å². The Labute approximate surface area is 102 Å². The highest BCUT2D eigenvalue weighted by Gasteiger charge is 2.09. The topological polar surface area (TPSA) is 127 Å². The molecule has 1 atom stereocenters. The average molecular weight is 256 g/mol. The number of hydrogen-bond acceptors (Lipinski definition) is 5. The summed E-state index contributed by atoms with van der Waals surface area (Å²) in [5.41, 5.74) is -1.53. The molecule has 1 unspecified atom stereocenters. The Balaban J connectivity index is 2.41. The van der Waals surface area contributed by atoms with Gasteiger partial charge in [0.15, 0.2) is 0 Å². The maximum atomic E-state index is 11.5. The fourth-order valence-corrected chi connectivity index (χ4v) is 1.25. The van der Waals surface area contributed by atoms with E-state index in [9.17, 15) is 14.4 Å². The lowest BCUT2D eigenvalue weighted by atomic mass is 10.3. The maximum absolute atomic E-state index is 11.5.